The summed E-state index contributed by atoms with van der Waals surface area (Å²) in [5.74, 6) is -0.315. The monoisotopic (exact) mass is 400 g/mol. The molecule has 0 spiro atoms. The highest BCUT2D eigenvalue weighted by Crippen LogP contribution is 2.66. The van der Waals surface area contributed by atoms with E-state index < -0.39 is 17.0 Å². The van der Waals surface area contributed by atoms with Crippen molar-refractivity contribution in [1.82, 2.24) is 0 Å². The van der Waals surface area contributed by atoms with Crippen molar-refractivity contribution in [2.75, 3.05) is 6.61 Å². The molecule has 4 aliphatic rings. The van der Waals surface area contributed by atoms with Gasteiger partial charge in [0.15, 0.2) is 12.4 Å². The molecule has 4 rings (SSSR count). The van der Waals surface area contributed by atoms with Crippen molar-refractivity contribution in [1.29, 1.82) is 0 Å². The van der Waals surface area contributed by atoms with E-state index in [1.807, 2.05) is 19.9 Å². The van der Waals surface area contributed by atoms with Crippen molar-refractivity contribution < 1.29 is 24.2 Å². The van der Waals surface area contributed by atoms with Crippen LogP contribution in [0.5, 0.6) is 0 Å². The summed E-state index contributed by atoms with van der Waals surface area (Å²) in [6.07, 6.45) is 8.85. The van der Waals surface area contributed by atoms with E-state index in [0.29, 0.717) is 18.8 Å². The van der Waals surface area contributed by atoms with Gasteiger partial charge in [0.2, 0.25) is 5.78 Å². The van der Waals surface area contributed by atoms with Crippen molar-refractivity contribution in [3.05, 3.63) is 23.3 Å². The van der Waals surface area contributed by atoms with Gasteiger partial charge >= 0.3 is 5.97 Å². The second-order valence-corrected chi connectivity index (χ2v) is 10.1. The predicted octanol–water partition coefficient (Wildman–Crippen LogP) is 3.55. The van der Waals surface area contributed by atoms with Crippen LogP contribution in [0, 0.1) is 28.6 Å². The van der Waals surface area contributed by atoms with Crippen LogP contribution in [-0.2, 0) is 19.1 Å². The Bertz CT molecular complexity index is 838. The van der Waals surface area contributed by atoms with E-state index in [9.17, 15) is 19.5 Å². The van der Waals surface area contributed by atoms with Gasteiger partial charge in [-0.2, -0.15) is 0 Å². The van der Waals surface area contributed by atoms with E-state index in [2.05, 4.69) is 13.0 Å². The number of Topliss-reactive ketones (excluding diaryl/α,β-unsaturated/α-hetero) is 1. The molecule has 2 fully saturated rings. The molecule has 0 bridgehead atoms. The average molecular weight is 401 g/mol. The number of rotatable bonds is 3. The van der Waals surface area contributed by atoms with Gasteiger partial charge in [-0.15, -0.1) is 0 Å². The Hall–Kier alpha value is -1.75. The van der Waals surface area contributed by atoms with Crippen LogP contribution in [0.15, 0.2) is 23.3 Å². The van der Waals surface area contributed by atoms with Gasteiger partial charge in [0, 0.05) is 24.2 Å². The molecule has 0 radical (unpaired) electrons. The van der Waals surface area contributed by atoms with Gasteiger partial charge in [0.25, 0.3) is 0 Å². The molecular weight excluding hydrogens is 368 g/mol. The Balaban J connectivity index is 1.70. The normalized spacial score (nSPS) is 43.5. The lowest BCUT2D eigenvalue weighted by Crippen LogP contribution is -2.57. The van der Waals surface area contributed by atoms with Gasteiger partial charge in [0.05, 0.1) is 0 Å². The molecule has 158 valence electrons. The van der Waals surface area contributed by atoms with Gasteiger partial charge in [-0.05, 0) is 55.9 Å². The fourth-order valence-electron chi connectivity index (χ4n) is 7.07. The van der Waals surface area contributed by atoms with Crippen LogP contribution in [0.2, 0.25) is 0 Å². The van der Waals surface area contributed by atoms with Gasteiger partial charge in [-0.3, -0.25) is 14.4 Å². The molecule has 0 amide bonds. The lowest BCUT2D eigenvalue weighted by Gasteiger charge is -2.54. The molecule has 0 saturated heterocycles. The fourth-order valence-corrected chi connectivity index (χ4v) is 7.07. The molecule has 0 heterocycles. The first-order valence-electron chi connectivity index (χ1n) is 10.9. The predicted molar refractivity (Wildman–Crippen MR) is 108 cm³/mol. The van der Waals surface area contributed by atoms with E-state index in [1.54, 1.807) is 0 Å². The maximum Gasteiger partial charge on any atom is 0.303 e. The number of hydrogen-bond acceptors (Lipinski definition) is 5. The maximum absolute atomic E-state index is 13.0. The number of carbonyl (C=O) groups excluding carboxylic acids is 3. The number of fused-ring (bicyclic) bond motifs is 5. The van der Waals surface area contributed by atoms with Gasteiger partial charge < -0.3 is 9.84 Å². The molecule has 29 heavy (non-hydrogen) atoms. The molecule has 5 heteroatoms. The average Bonchev–Trinajstić information content (AvgIpc) is 2.88. The Morgan fingerprint density at radius 2 is 2.00 bits per heavy atom. The van der Waals surface area contributed by atoms with Crippen LogP contribution < -0.4 is 0 Å². The molecule has 2 unspecified atom stereocenters. The Kier molecular flexibility index (Phi) is 4.69. The lowest BCUT2D eigenvalue weighted by molar-refractivity contribution is -0.167. The first-order chi connectivity index (χ1) is 13.5. The Morgan fingerprint density at radius 1 is 1.28 bits per heavy atom. The largest absolute Gasteiger partial charge is 0.458 e. The second kappa shape index (κ2) is 6.63. The van der Waals surface area contributed by atoms with Crippen molar-refractivity contribution in [3.63, 3.8) is 0 Å². The standard InChI is InChI=1S/C24H32O5/c1-14-11-20-18-6-5-16-12-17(26)7-9-22(16,3)19(18)8-10-23(20,4)24(14,28)21(27)13-29-15(2)25/h8,12,14,18,20,28H,5-7,9-11,13H2,1-4H3/t14-,18?,20?,22-,23-,24-/m0/s1. The lowest BCUT2D eigenvalue weighted by atomic mass is 9.50. The summed E-state index contributed by atoms with van der Waals surface area (Å²) in [6.45, 7) is 7.16. The van der Waals surface area contributed by atoms with E-state index in [1.165, 1.54) is 18.1 Å². The molecule has 5 nitrogen and oxygen atoms in total. The number of hydrogen-bond donors (Lipinski definition) is 1. The molecule has 0 aliphatic heterocycles. The Labute approximate surface area is 172 Å². The third-order valence-electron chi connectivity index (χ3n) is 8.75. The first-order valence-corrected chi connectivity index (χ1v) is 10.9. The maximum atomic E-state index is 13.0. The zero-order chi connectivity index (χ0) is 21.2. The highest BCUT2D eigenvalue weighted by Gasteiger charge is 2.67. The highest BCUT2D eigenvalue weighted by molar-refractivity contribution is 5.92. The van der Waals surface area contributed by atoms with Crippen molar-refractivity contribution in [3.8, 4) is 0 Å². The van der Waals surface area contributed by atoms with E-state index in [0.717, 1.165) is 25.7 Å². The minimum atomic E-state index is -1.49. The molecule has 4 aliphatic carbocycles. The quantitative estimate of drug-likeness (QED) is 0.579. The number of allylic oxidation sites excluding steroid dienone is 4. The van der Waals surface area contributed by atoms with Crippen molar-refractivity contribution >= 4 is 17.5 Å². The fraction of sp³-hybridized carbons (Fsp3) is 0.708. The number of ketones is 2. The number of carbonyl (C=O) groups is 3. The van der Waals surface area contributed by atoms with E-state index in [4.69, 9.17) is 4.74 Å². The van der Waals surface area contributed by atoms with Crippen molar-refractivity contribution in [2.45, 2.75) is 71.8 Å². The highest BCUT2D eigenvalue weighted by atomic mass is 16.5. The summed E-state index contributed by atoms with van der Waals surface area (Å²) in [6, 6.07) is 0. The molecule has 0 aromatic heterocycles. The van der Waals surface area contributed by atoms with E-state index >= 15 is 0 Å². The van der Waals surface area contributed by atoms with Crippen LogP contribution in [0.1, 0.15) is 66.2 Å². The molecule has 6 atom stereocenters. The van der Waals surface area contributed by atoms with Crippen molar-refractivity contribution in [2.24, 2.45) is 28.6 Å². The summed E-state index contributed by atoms with van der Waals surface area (Å²) >= 11 is 0. The van der Waals surface area contributed by atoms with Gasteiger partial charge in [-0.1, -0.05) is 38.0 Å². The first kappa shape index (κ1) is 20.5. The van der Waals surface area contributed by atoms with Crippen LogP contribution in [0.4, 0.5) is 0 Å². The van der Waals surface area contributed by atoms with Gasteiger partial charge in [0.1, 0.15) is 5.60 Å². The minimum absolute atomic E-state index is 0.0656. The SMILES string of the molecule is CC(=O)OCC(=O)[C@@]1(O)[C@@H](C)CC2C3CCC4=CC(=O)CC[C@]4(C)C3=CC[C@@]21C. The number of aliphatic hydroxyl groups is 1. The van der Waals surface area contributed by atoms with Crippen LogP contribution in [-0.4, -0.2) is 34.9 Å². The number of ether oxygens (including phenoxy) is 1. The van der Waals surface area contributed by atoms with E-state index in [-0.39, 0.29) is 35.4 Å². The molecular formula is C24H32O5. The Morgan fingerprint density at radius 3 is 2.69 bits per heavy atom. The van der Waals surface area contributed by atoms with Gasteiger partial charge in [-0.25, -0.2) is 0 Å². The zero-order valence-corrected chi connectivity index (χ0v) is 17.9. The minimum Gasteiger partial charge on any atom is -0.458 e. The third-order valence-corrected chi connectivity index (χ3v) is 8.75. The molecule has 0 aromatic carbocycles. The zero-order valence-electron chi connectivity index (χ0n) is 17.9. The summed E-state index contributed by atoms with van der Waals surface area (Å²) in [5.41, 5.74) is 0.541. The summed E-state index contributed by atoms with van der Waals surface area (Å²) < 4.78 is 4.95. The molecule has 0 aromatic rings. The third kappa shape index (κ3) is 2.73. The van der Waals surface area contributed by atoms with Crippen LogP contribution in [0.25, 0.3) is 0 Å². The second-order valence-electron chi connectivity index (χ2n) is 10.1. The summed E-state index contributed by atoms with van der Waals surface area (Å²) in [5, 5.41) is 11.7. The summed E-state index contributed by atoms with van der Waals surface area (Å²) in [7, 11) is 0. The summed E-state index contributed by atoms with van der Waals surface area (Å²) in [4.78, 5) is 36.2. The van der Waals surface area contributed by atoms with Crippen LogP contribution >= 0.6 is 0 Å². The topological polar surface area (TPSA) is 80.7 Å². The van der Waals surface area contributed by atoms with Crippen LogP contribution in [0.3, 0.4) is 0 Å². The smallest absolute Gasteiger partial charge is 0.303 e. The molecule has 1 N–H and O–H groups in total. The molecule has 2 saturated carbocycles. The number of esters is 1.